The molecule has 5 rings (SSSR count). The van der Waals surface area contributed by atoms with E-state index in [1.165, 1.54) is 0 Å². The molecule has 1 aromatic heterocycles. The molecular formula is C24H18N4O2. The first-order valence-corrected chi connectivity index (χ1v) is 9.64. The van der Waals surface area contributed by atoms with E-state index in [0.717, 1.165) is 27.6 Å². The molecule has 1 unspecified atom stereocenters. The van der Waals surface area contributed by atoms with Gasteiger partial charge in [0.15, 0.2) is 0 Å². The second-order valence-corrected chi connectivity index (χ2v) is 7.37. The van der Waals surface area contributed by atoms with E-state index in [2.05, 4.69) is 20.5 Å². The molecule has 1 aliphatic carbocycles. The third-order valence-electron chi connectivity index (χ3n) is 5.25. The number of rotatable bonds is 3. The van der Waals surface area contributed by atoms with E-state index >= 15 is 0 Å². The maximum Gasteiger partial charge on any atom is 0.276 e. The Morgan fingerprint density at radius 3 is 2.70 bits per heavy atom. The Balaban J connectivity index is 1.38. The standard InChI is InChI=1S/C24H18N4O2/c1-14-6-11-20-16(12-14)13-21(26-20)24(30)25-17-9-7-15(8-10-17)22-18-4-2-3-5-19(18)23(29)28-27-22/h2-13,19,26H,1H3,(H,25,30). The molecule has 6 nitrogen and oxygen atoms in total. The summed E-state index contributed by atoms with van der Waals surface area (Å²) in [5.74, 6) is -0.846. The Morgan fingerprint density at radius 2 is 1.87 bits per heavy atom. The fourth-order valence-electron chi connectivity index (χ4n) is 3.71. The van der Waals surface area contributed by atoms with Crippen molar-refractivity contribution >= 4 is 34.1 Å². The lowest BCUT2D eigenvalue weighted by atomic mass is 9.89. The van der Waals surface area contributed by atoms with Crippen LogP contribution < -0.4 is 5.32 Å². The number of carbonyl (C=O) groups excluding carboxylic acids is 2. The molecule has 30 heavy (non-hydrogen) atoms. The molecule has 2 heterocycles. The minimum Gasteiger partial charge on any atom is -0.351 e. The number of hydrogen-bond donors (Lipinski definition) is 2. The van der Waals surface area contributed by atoms with Crippen LogP contribution in [0.4, 0.5) is 5.69 Å². The van der Waals surface area contributed by atoms with E-state index in [9.17, 15) is 9.59 Å². The smallest absolute Gasteiger partial charge is 0.276 e. The van der Waals surface area contributed by atoms with Gasteiger partial charge in [0.1, 0.15) is 5.69 Å². The summed E-state index contributed by atoms with van der Waals surface area (Å²) in [4.78, 5) is 27.8. The van der Waals surface area contributed by atoms with Crippen LogP contribution >= 0.6 is 0 Å². The number of amides is 2. The number of aryl methyl sites for hydroxylation is 1. The molecule has 0 saturated heterocycles. The van der Waals surface area contributed by atoms with Gasteiger partial charge in [-0.2, -0.15) is 0 Å². The molecule has 1 atom stereocenters. The number of fused-ring (bicyclic) bond motifs is 2. The predicted octanol–water partition coefficient (Wildman–Crippen LogP) is 5.17. The molecule has 3 aromatic rings. The van der Waals surface area contributed by atoms with Crippen LogP contribution in [0.1, 0.15) is 21.6 Å². The first-order chi connectivity index (χ1) is 14.6. The number of allylic oxidation sites excluding steroid dienone is 3. The molecule has 0 spiro atoms. The van der Waals surface area contributed by atoms with Gasteiger partial charge in [0.05, 0.1) is 11.6 Å². The fraction of sp³-hybridized carbons (Fsp3) is 0.0833. The first-order valence-electron chi connectivity index (χ1n) is 9.64. The van der Waals surface area contributed by atoms with Crippen molar-refractivity contribution in [3.63, 3.8) is 0 Å². The maximum atomic E-state index is 12.6. The van der Waals surface area contributed by atoms with Crippen LogP contribution in [0, 0.1) is 12.8 Å². The van der Waals surface area contributed by atoms with E-state index in [4.69, 9.17) is 0 Å². The van der Waals surface area contributed by atoms with Gasteiger partial charge in [-0.3, -0.25) is 9.59 Å². The van der Waals surface area contributed by atoms with Crippen molar-refractivity contribution in [2.45, 2.75) is 6.92 Å². The zero-order valence-corrected chi connectivity index (χ0v) is 16.2. The zero-order chi connectivity index (χ0) is 20.7. The van der Waals surface area contributed by atoms with Gasteiger partial charge in [0.25, 0.3) is 11.8 Å². The summed E-state index contributed by atoms with van der Waals surface area (Å²) in [7, 11) is 0. The van der Waals surface area contributed by atoms with Crippen molar-refractivity contribution in [2.24, 2.45) is 16.1 Å². The summed E-state index contributed by atoms with van der Waals surface area (Å²) >= 11 is 0. The summed E-state index contributed by atoms with van der Waals surface area (Å²) < 4.78 is 0. The molecule has 0 saturated carbocycles. The van der Waals surface area contributed by atoms with E-state index in [0.29, 0.717) is 17.1 Å². The van der Waals surface area contributed by atoms with Gasteiger partial charge in [-0.1, -0.05) is 48.1 Å². The van der Waals surface area contributed by atoms with Gasteiger partial charge < -0.3 is 10.3 Å². The molecule has 2 amide bonds. The number of H-pyrrole nitrogens is 1. The normalized spacial score (nSPS) is 17.5. The second kappa shape index (κ2) is 7.08. The van der Waals surface area contributed by atoms with Gasteiger partial charge in [-0.15, -0.1) is 10.2 Å². The average Bonchev–Trinajstić information content (AvgIpc) is 3.18. The lowest BCUT2D eigenvalue weighted by molar-refractivity contribution is -0.119. The van der Waals surface area contributed by atoms with Gasteiger partial charge in [0, 0.05) is 22.2 Å². The van der Waals surface area contributed by atoms with Crippen LogP contribution in [0.3, 0.4) is 0 Å². The minimum absolute atomic E-state index is 0.206. The molecule has 2 aliphatic rings. The van der Waals surface area contributed by atoms with E-state index in [1.807, 2.05) is 79.8 Å². The Kier molecular flexibility index (Phi) is 4.25. The monoisotopic (exact) mass is 394 g/mol. The van der Waals surface area contributed by atoms with E-state index in [-0.39, 0.29) is 17.7 Å². The second-order valence-electron chi connectivity index (χ2n) is 7.37. The van der Waals surface area contributed by atoms with Crippen molar-refractivity contribution in [1.82, 2.24) is 4.98 Å². The topological polar surface area (TPSA) is 86.7 Å². The SMILES string of the molecule is Cc1ccc2[nH]c(C(=O)Nc3ccc(C4=C5C=CC=CC5C(=O)N=N4)cc3)cc2c1. The molecule has 2 aromatic carbocycles. The molecule has 2 N–H and O–H groups in total. The van der Waals surface area contributed by atoms with Gasteiger partial charge in [-0.05, 0) is 42.8 Å². The molecule has 1 aliphatic heterocycles. The largest absolute Gasteiger partial charge is 0.351 e. The number of azo groups is 1. The molecule has 6 heteroatoms. The van der Waals surface area contributed by atoms with Crippen molar-refractivity contribution in [1.29, 1.82) is 0 Å². The molecule has 0 bridgehead atoms. The molecule has 0 radical (unpaired) electrons. The molecule has 0 fully saturated rings. The number of aromatic nitrogens is 1. The quantitative estimate of drug-likeness (QED) is 0.642. The number of aromatic amines is 1. The van der Waals surface area contributed by atoms with Crippen LogP contribution in [-0.2, 0) is 4.79 Å². The number of benzene rings is 2. The lowest BCUT2D eigenvalue weighted by Gasteiger charge is -2.19. The number of carbonyl (C=O) groups is 2. The average molecular weight is 394 g/mol. The third kappa shape index (κ3) is 3.18. The Bertz CT molecular complexity index is 1310. The Labute approximate surface area is 172 Å². The van der Waals surface area contributed by atoms with Gasteiger partial charge >= 0.3 is 0 Å². The highest BCUT2D eigenvalue weighted by Crippen LogP contribution is 2.34. The Hall–Kier alpha value is -4.06. The number of nitrogens with one attached hydrogen (secondary N) is 2. The van der Waals surface area contributed by atoms with E-state index in [1.54, 1.807) is 0 Å². The van der Waals surface area contributed by atoms with Crippen molar-refractivity contribution in [2.75, 3.05) is 5.32 Å². The van der Waals surface area contributed by atoms with Crippen molar-refractivity contribution in [3.8, 4) is 0 Å². The summed E-state index contributed by atoms with van der Waals surface area (Å²) in [5.41, 5.74) is 5.59. The van der Waals surface area contributed by atoms with Crippen LogP contribution in [0.5, 0.6) is 0 Å². The first kappa shape index (κ1) is 18.0. The lowest BCUT2D eigenvalue weighted by Crippen LogP contribution is -2.17. The van der Waals surface area contributed by atoms with Crippen LogP contribution in [-0.4, -0.2) is 16.8 Å². The van der Waals surface area contributed by atoms with Gasteiger partial charge in [0.2, 0.25) is 0 Å². The number of nitrogens with zero attached hydrogens (tertiary/aromatic N) is 2. The molecule has 146 valence electrons. The number of anilines is 1. The van der Waals surface area contributed by atoms with Gasteiger partial charge in [-0.25, -0.2) is 0 Å². The van der Waals surface area contributed by atoms with Crippen LogP contribution in [0.15, 0.2) is 88.6 Å². The Morgan fingerprint density at radius 1 is 1.03 bits per heavy atom. The summed E-state index contributed by atoms with van der Waals surface area (Å²) in [6.45, 7) is 2.02. The van der Waals surface area contributed by atoms with Crippen LogP contribution in [0.2, 0.25) is 0 Å². The predicted molar refractivity (Wildman–Crippen MR) is 116 cm³/mol. The minimum atomic E-state index is -0.382. The summed E-state index contributed by atoms with van der Waals surface area (Å²) in [6, 6.07) is 15.2. The fourth-order valence-corrected chi connectivity index (χ4v) is 3.71. The van der Waals surface area contributed by atoms with Crippen molar-refractivity contribution in [3.05, 3.63) is 95.2 Å². The highest BCUT2D eigenvalue weighted by molar-refractivity contribution is 6.06. The molecular weight excluding hydrogens is 376 g/mol. The summed E-state index contributed by atoms with van der Waals surface area (Å²) in [5, 5.41) is 11.8. The maximum absolute atomic E-state index is 12.6. The van der Waals surface area contributed by atoms with Crippen molar-refractivity contribution < 1.29 is 9.59 Å². The zero-order valence-electron chi connectivity index (χ0n) is 16.2. The van der Waals surface area contributed by atoms with Crippen LogP contribution in [0.25, 0.3) is 16.6 Å². The highest BCUT2D eigenvalue weighted by Gasteiger charge is 2.27. The highest BCUT2D eigenvalue weighted by atomic mass is 16.2. The summed E-state index contributed by atoms with van der Waals surface area (Å²) in [6.07, 6.45) is 7.44. The third-order valence-corrected chi connectivity index (χ3v) is 5.25. The number of hydrogen-bond acceptors (Lipinski definition) is 3. The van der Waals surface area contributed by atoms with E-state index < -0.39 is 0 Å².